The number of benzene rings is 1. The fraction of sp³-hybridized carbons (Fsp3) is 0.438. The summed E-state index contributed by atoms with van der Waals surface area (Å²) in [5, 5.41) is 8.66. The Balaban J connectivity index is 2.31. The van der Waals surface area contributed by atoms with E-state index in [-0.39, 0.29) is 6.04 Å². The minimum absolute atomic E-state index is 0.208. The Morgan fingerprint density at radius 3 is 2.67 bits per heavy atom. The van der Waals surface area contributed by atoms with Crippen molar-refractivity contribution in [2.45, 2.75) is 32.7 Å². The third-order valence-corrected chi connectivity index (χ3v) is 5.14. The molecule has 0 saturated carbocycles. The van der Waals surface area contributed by atoms with Crippen LogP contribution in [0.2, 0.25) is 5.02 Å². The van der Waals surface area contributed by atoms with Gasteiger partial charge < -0.3 is 5.32 Å². The van der Waals surface area contributed by atoms with Gasteiger partial charge in [0.15, 0.2) is 0 Å². The monoisotopic (exact) mass is 369 g/mol. The van der Waals surface area contributed by atoms with Gasteiger partial charge in [0.1, 0.15) is 0 Å². The summed E-state index contributed by atoms with van der Waals surface area (Å²) in [6.07, 6.45) is 1.67. The molecule has 0 radical (unpaired) electrons. The summed E-state index contributed by atoms with van der Waals surface area (Å²) >= 11 is 10.1. The normalized spacial score (nSPS) is 12.7. The highest BCUT2D eigenvalue weighted by molar-refractivity contribution is 9.10. The van der Waals surface area contributed by atoms with Crippen LogP contribution in [0.3, 0.4) is 0 Å². The third kappa shape index (κ3) is 3.50. The van der Waals surface area contributed by atoms with Gasteiger partial charge in [-0.15, -0.1) is 0 Å². The van der Waals surface area contributed by atoms with Gasteiger partial charge in [-0.05, 0) is 37.6 Å². The molecule has 3 nitrogen and oxygen atoms in total. The molecule has 2 rings (SSSR count). The van der Waals surface area contributed by atoms with Gasteiger partial charge >= 0.3 is 0 Å². The van der Waals surface area contributed by atoms with E-state index in [1.165, 1.54) is 11.1 Å². The highest BCUT2D eigenvalue weighted by Crippen LogP contribution is 2.28. The van der Waals surface area contributed by atoms with E-state index in [9.17, 15) is 0 Å². The van der Waals surface area contributed by atoms with Crippen molar-refractivity contribution >= 4 is 27.5 Å². The molecule has 0 spiro atoms. The van der Waals surface area contributed by atoms with E-state index in [4.69, 9.17) is 11.6 Å². The fourth-order valence-corrected chi connectivity index (χ4v) is 3.21. The molecule has 1 atom stereocenters. The minimum Gasteiger partial charge on any atom is -0.313 e. The molecule has 5 heteroatoms. The molecule has 0 aliphatic carbocycles. The molecule has 1 unspecified atom stereocenters. The number of hydrogen-bond acceptors (Lipinski definition) is 2. The Morgan fingerprint density at radius 2 is 2.14 bits per heavy atom. The minimum atomic E-state index is 0.208. The van der Waals surface area contributed by atoms with Crippen LogP contribution in [0.5, 0.6) is 0 Å². The molecule has 114 valence electrons. The first-order chi connectivity index (χ1) is 9.97. The van der Waals surface area contributed by atoms with Crippen molar-refractivity contribution in [2.24, 2.45) is 7.05 Å². The van der Waals surface area contributed by atoms with E-state index < -0.39 is 0 Å². The molecule has 0 aliphatic heterocycles. The van der Waals surface area contributed by atoms with Gasteiger partial charge in [0.05, 0.1) is 16.4 Å². The summed E-state index contributed by atoms with van der Waals surface area (Å²) < 4.78 is 3.03. The van der Waals surface area contributed by atoms with Crippen molar-refractivity contribution in [2.75, 3.05) is 7.05 Å². The number of aromatic nitrogens is 2. The molecule has 0 aliphatic rings. The van der Waals surface area contributed by atoms with Gasteiger partial charge in [-0.2, -0.15) is 5.10 Å². The Hall–Kier alpha value is -0.840. The Morgan fingerprint density at radius 1 is 1.43 bits per heavy atom. The SMILES string of the molecule is CCc1nn(C)c(CC(NC)c2ccc(C)c(Br)c2)c1Cl. The van der Waals surface area contributed by atoms with Crippen LogP contribution < -0.4 is 5.32 Å². The van der Waals surface area contributed by atoms with Crippen LogP contribution in [0, 0.1) is 6.92 Å². The molecule has 0 saturated heterocycles. The largest absolute Gasteiger partial charge is 0.313 e. The lowest BCUT2D eigenvalue weighted by molar-refractivity contribution is 0.561. The Bertz CT molecular complexity index is 637. The van der Waals surface area contributed by atoms with Gasteiger partial charge in [-0.25, -0.2) is 0 Å². The summed E-state index contributed by atoms with van der Waals surface area (Å²) in [6.45, 7) is 4.17. The lowest BCUT2D eigenvalue weighted by atomic mass is 10.0. The van der Waals surface area contributed by atoms with Crippen LogP contribution in [0.25, 0.3) is 0 Å². The summed E-state index contributed by atoms with van der Waals surface area (Å²) in [6, 6.07) is 6.67. The van der Waals surface area contributed by atoms with Crippen molar-refractivity contribution in [3.63, 3.8) is 0 Å². The van der Waals surface area contributed by atoms with Crippen molar-refractivity contribution in [3.8, 4) is 0 Å². The second-order valence-electron chi connectivity index (χ2n) is 5.24. The van der Waals surface area contributed by atoms with E-state index in [0.29, 0.717) is 0 Å². The summed E-state index contributed by atoms with van der Waals surface area (Å²) in [7, 11) is 3.93. The topological polar surface area (TPSA) is 29.9 Å². The van der Waals surface area contributed by atoms with E-state index >= 15 is 0 Å². The molecule has 1 aromatic carbocycles. The number of nitrogens with zero attached hydrogens (tertiary/aromatic N) is 2. The summed E-state index contributed by atoms with van der Waals surface area (Å²) in [5.41, 5.74) is 4.52. The molecule has 1 N–H and O–H groups in total. The number of nitrogens with one attached hydrogen (secondary N) is 1. The number of hydrogen-bond donors (Lipinski definition) is 1. The third-order valence-electron chi connectivity index (χ3n) is 3.85. The van der Waals surface area contributed by atoms with Crippen LogP contribution >= 0.6 is 27.5 Å². The fourth-order valence-electron chi connectivity index (χ4n) is 2.45. The second kappa shape index (κ2) is 6.95. The quantitative estimate of drug-likeness (QED) is 0.854. The van der Waals surface area contributed by atoms with Crippen LogP contribution in [-0.4, -0.2) is 16.8 Å². The first-order valence-electron chi connectivity index (χ1n) is 7.11. The van der Waals surface area contributed by atoms with Crippen molar-refractivity contribution in [3.05, 3.63) is 50.2 Å². The zero-order chi connectivity index (χ0) is 15.6. The highest BCUT2D eigenvalue weighted by atomic mass is 79.9. The molecular weight excluding hydrogens is 350 g/mol. The number of aryl methyl sites for hydroxylation is 3. The van der Waals surface area contributed by atoms with Crippen LogP contribution in [-0.2, 0) is 19.9 Å². The van der Waals surface area contributed by atoms with Gasteiger partial charge in [-0.1, -0.05) is 46.6 Å². The summed E-state index contributed by atoms with van der Waals surface area (Å²) in [4.78, 5) is 0. The lowest BCUT2D eigenvalue weighted by Gasteiger charge is -2.18. The van der Waals surface area contributed by atoms with Gasteiger partial charge in [0.25, 0.3) is 0 Å². The smallest absolute Gasteiger partial charge is 0.0850 e. The van der Waals surface area contributed by atoms with Crippen LogP contribution in [0.4, 0.5) is 0 Å². The highest BCUT2D eigenvalue weighted by Gasteiger charge is 2.18. The Kier molecular flexibility index (Phi) is 5.47. The molecular formula is C16H21BrClN3. The maximum atomic E-state index is 6.45. The maximum absolute atomic E-state index is 6.45. The molecule has 0 fully saturated rings. The molecule has 1 heterocycles. The number of rotatable bonds is 5. The first kappa shape index (κ1) is 16.5. The molecule has 0 bridgehead atoms. The standard InChI is InChI=1S/C16H21BrClN3/c1-5-13-16(18)15(21(4)20-13)9-14(19-3)11-7-6-10(2)12(17)8-11/h6-8,14,19H,5,9H2,1-4H3. The lowest BCUT2D eigenvalue weighted by Crippen LogP contribution is -2.20. The zero-order valence-electron chi connectivity index (χ0n) is 12.9. The van der Waals surface area contributed by atoms with E-state index in [2.05, 4.69) is 58.4 Å². The zero-order valence-corrected chi connectivity index (χ0v) is 15.2. The van der Waals surface area contributed by atoms with Crippen molar-refractivity contribution in [1.29, 1.82) is 0 Å². The first-order valence-corrected chi connectivity index (χ1v) is 8.28. The number of likely N-dealkylation sites (N-methyl/N-ethyl adjacent to an activating group) is 1. The van der Waals surface area contributed by atoms with E-state index in [1.807, 2.05) is 18.8 Å². The number of halogens is 2. The van der Waals surface area contributed by atoms with Crippen molar-refractivity contribution in [1.82, 2.24) is 15.1 Å². The van der Waals surface area contributed by atoms with Crippen LogP contribution in [0.1, 0.15) is 35.5 Å². The van der Waals surface area contributed by atoms with Crippen LogP contribution in [0.15, 0.2) is 22.7 Å². The predicted octanol–water partition coefficient (Wildman–Crippen LogP) is 4.21. The molecule has 1 aromatic heterocycles. The maximum Gasteiger partial charge on any atom is 0.0850 e. The second-order valence-corrected chi connectivity index (χ2v) is 6.47. The van der Waals surface area contributed by atoms with E-state index in [0.717, 1.165) is 33.7 Å². The van der Waals surface area contributed by atoms with Gasteiger partial charge in [-0.3, -0.25) is 4.68 Å². The van der Waals surface area contributed by atoms with Gasteiger partial charge in [0.2, 0.25) is 0 Å². The van der Waals surface area contributed by atoms with Crippen molar-refractivity contribution < 1.29 is 0 Å². The molecule has 0 amide bonds. The Labute approximate surface area is 139 Å². The average molecular weight is 371 g/mol. The summed E-state index contributed by atoms with van der Waals surface area (Å²) in [5.74, 6) is 0. The molecule has 2 aromatic rings. The van der Waals surface area contributed by atoms with Gasteiger partial charge in [0, 0.05) is 24.0 Å². The average Bonchev–Trinajstić information content (AvgIpc) is 2.74. The predicted molar refractivity (Wildman–Crippen MR) is 92.0 cm³/mol. The van der Waals surface area contributed by atoms with E-state index in [1.54, 1.807) is 0 Å². The molecule has 21 heavy (non-hydrogen) atoms.